The van der Waals surface area contributed by atoms with Gasteiger partial charge in [-0.2, -0.15) is 4.31 Å². The molecule has 2 unspecified atom stereocenters. The van der Waals surface area contributed by atoms with Crippen molar-refractivity contribution < 1.29 is 17.9 Å². The van der Waals surface area contributed by atoms with Gasteiger partial charge in [0.1, 0.15) is 5.54 Å². The highest BCUT2D eigenvalue weighted by atomic mass is 35.5. The average molecular weight is 399 g/mol. The van der Waals surface area contributed by atoms with E-state index >= 15 is 0 Å². The third-order valence-electron chi connectivity index (χ3n) is 5.89. The molecule has 1 aromatic rings. The van der Waals surface area contributed by atoms with E-state index in [0.717, 1.165) is 12.0 Å². The van der Waals surface area contributed by atoms with Crippen molar-refractivity contribution in [2.45, 2.75) is 37.1 Å². The van der Waals surface area contributed by atoms with Crippen LogP contribution in [0.4, 0.5) is 0 Å². The summed E-state index contributed by atoms with van der Waals surface area (Å²) in [6, 6.07) is 3.30. The minimum Gasteiger partial charge on any atom is -0.378 e. The molecule has 1 saturated carbocycles. The van der Waals surface area contributed by atoms with Crippen molar-refractivity contribution in [2.75, 3.05) is 32.8 Å². The lowest BCUT2D eigenvalue weighted by atomic mass is 10.2. The molecule has 26 heavy (non-hydrogen) atoms. The maximum Gasteiger partial charge on any atom is 0.244 e. The molecular weight excluding hydrogens is 376 g/mol. The van der Waals surface area contributed by atoms with Gasteiger partial charge in [-0.1, -0.05) is 11.6 Å². The normalized spacial score (nSPS) is 28.9. The fourth-order valence-corrected chi connectivity index (χ4v) is 6.65. The number of rotatable bonds is 3. The van der Waals surface area contributed by atoms with Gasteiger partial charge in [-0.05, 0) is 55.9 Å². The van der Waals surface area contributed by atoms with E-state index < -0.39 is 15.6 Å². The predicted octanol–water partition coefficient (Wildman–Crippen LogP) is 1.97. The minimum absolute atomic E-state index is 0.0600. The van der Waals surface area contributed by atoms with E-state index in [1.165, 1.54) is 4.31 Å². The molecule has 1 aliphatic carbocycles. The topological polar surface area (TPSA) is 66.9 Å². The number of benzene rings is 1. The van der Waals surface area contributed by atoms with Crippen LogP contribution in [0.25, 0.3) is 0 Å². The number of ether oxygens (including phenoxy) is 1. The van der Waals surface area contributed by atoms with Crippen molar-refractivity contribution in [1.82, 2.24) is 9.21 Å². The number of carbonyl (C=O) groups is 1. The van der Waals surface area contributed by atoms with Crippen LogP contribution in [0.1, 0.15) is 24.0 Å². The Hall–Kier alpha value is -1.15. The third-order valence-corrected chi connectivity index (χ3v) is 8.38. The Morgan fingerprint density at radius 2 is 1.88 bits per heavy atom. The molecule has 2 saturated heterocycles. The zero-order chi connectivity index (χ0) is 18.7. The molecule has 0 aromatic heterocycles. The van der Waals surface area contributed by atoms with Crippen LogP contribution in [0, 0.1) is 19.8 Å². The van der Waals surface area contributed by atoms with Crippen LogP contribution in [0.15, 0.2) is 17.0 Å². The standard InChI is InChI=1S/C18H23ClN2O4S/c1-12-10-16(13(2)9-15(12)19)26(23,24)21-4-3-14-11-18(14,21)17(22)20-5-7-25-8-6-20/h9-10,14H,3-8,11H2,1-2H3. The van der Waals surface area contributed by atoms with Crippen LogP contribution in [0.3, 0.4) is 0 Å². The molecule has 0 spiro atoms. The summed E-state index contributed by atoms with van der Waals surface area (Å²) < 4.78 is 33.7. The molecule has 142 valence electrons. The monoisotopic (exact) mass is 398 g/mol. The zero-order valence-corrected chi connectivity index (χ0v) is 16.6. The van der Waals surface area contributed by atoms with E-state index in [0.29, 0.717) is 49.9 Å². The molecule has 2 atom stereocenters. The van der Waals surface area contributed by atoms with Gasteiger partial charge in [0.25, 0.3) is 0 Å². The van der Waals surface area contributed by atoms with Crippen molar-refractivity contribution in [2.24, 2.45) is 5.92 Å². The average Bonchev–Trinajstić information content (AvgIpc) is 3.22. The summed E-state index contributed by atoms with van der Waals surface area (Å²) in [5, 5.41) is 0.547. The minimum atomic E-state index is -3.76. The summed E-state index contributed by atoms with van der Waals surface area (Å²) in [6.07, 6.45) is 1.36. The van der Waals surface area contributed by atoms with Gasteiger partial charge in [-0.25, -0.2) is 8.42 Å². The largest absolute Gasteiger partial charge is 0.378 e. The van der Waals surface area contributed by atoms with Crippen LogP contribution in [0.2, 0.25) is 5.02 Å². The van der Waals surface area contributed by atoms with Crippen molar-refractivity contribution >= 4 is 27.5 Å². The first-order chi connectivity index (χ1) is 12.3. The van der Waals surface area contributed by atoms with E-state index in [2.05, 4.69) is 0 Å². The molecule has 1 amide bonds. The van der Waals surface area contributed by atoms with Gasteiger partial charge < -0.3 is 9.64 Å². The van der Waals surface area contributed by atoms with E-state index in [-0.39, 0.29) is 16.7 Å². The lowest BCUT2D eigenvalue weighted by molar-refractivity contribution is -0.140. The van der Waals surface area contributed by atoms with Crippen molar-refractivity contribution in [3.8, 4) is 0 Å². The molecule has 8 heteroatoms. The number of carbonyl (C=O) groups excluding carboxylic acids is 1. The summed E-state index contributed by atoms with van der Waals surface area (Å²) in [5.41, 5.74) is 0.436. The molecule has 0 bridgehead atoms. The smallest absolute Gasteiger partial charge is 0.244 e. The quantitative estimate of drug-likeness (QED) is 0.780. The van der Waals surface area contributed by atoms with Gasteiger partial charge in [0.05, 0.1) is 18.1 Å². The van der Waals surface area contributed by atoms with Gasteiger partial charge in [0.2, 0.25) is 15.9 Å². The summed E-state index contributed by atoms with van der Waals surface area (Å²) in [6.45, 7) is 6.00. The van der Waals surface area contributed by atoms with Crippen molar-refractivity contribution in [3.05, 3.63) is 28.3 Å². The Morgan fingerprint density at radius 3 is 2.54 bits per heavy atom. The Morgan fingerprint density at radius 1 is 1.19 bits per heavy atom. The van der Waals surface area contributed by atoms with Crippen LogP contribution in [-0.2, 0) is 19.6 Å². The van der Waals surface area contributed by atoms with Gasteiger partial charge in [0, 0.05) is 24.7 Å². The molecule has 4 rings (SSSR count). The maximum atomic E-state index is 13.4. The lowest BCUT2D eigenvalue weighted by Gasteiger charge is -2.34. The molecule has 3 aliphatic rings. The Kier molecular flexibility index (Phi) is 4.34. The molecule has 3 fully saturated rings. The number of hydrogen-bond acceptors (Lipinski definition) is 4. The van der Waals surface area contributed by atoms with Crippen molar-refractivity contribution in [3.63, 3.8) is 0 Å². The summed E-state index contributed by atoms with van der Waals surface area (Å²) in [7, 11) is -3.76. The summed E-state index contributed by atoms with van der Waals surface area (Å²) in [4.78, 5) is 15.2. The molecule has 6 nitrogen and oxygen atoms in total. The van der Waals surface area contributed by atoms with Gasteiger partial charge in [-0.15, -0.1) is 0 Å². The van der Waals surface area contributed by atoms with E-state index in [1.807, 2.05) is 0 Å². The van der Waals surface area contributed by atoms with E-state index in [9.17, 15) is 13.2 Å². The number of sulfonamides is 1. The second-order valence-electron chi connectivity index (χ2n) is 7.46. The third kappa shape index (κ3) is 2.59. The van der Waals surface area contributed by atoms with Crippen LogP contribution in [-0.4, -0.2) is 61.9 Å². The van der Waals surface area contributed by atoms with Crippen LogP contribution < -0.4 is 0 Å². The zero-order valence-electron chi connectivity index (χ0n) is 15.0. The number of hydrogen-bond donors (Lipinski definition) is 0. The number of morpholine rings is 1. The highest BCUT2D eigenvalue weighted by molar-refractivity contribution is 7.89. The molecule has 0 radical (unpaired) electrons. The first-order valence-corrected chi connectivity index (χ1v) is 10.8. The van der Waals surface area contributed by atoms with E-state index in [4.69, 9.17) is 16.3 Å². The highest BCUT2D eigenvalue weighted by Crippen LogP contribution is 2.58. The van der Waals surface area contributed by atoms with Crippen molar-refractivity contribution in [1.29, 1.82) is 0 Å². The number of fused-ring (bicyclic) bond motifs is 1. The van der Waals surface area contributed by atoms with Crippen LogP contribution in [0.5, 0.6) is 0 Å². The number of halogens is 1. The van der Waals surface area contributed by atoms with Gasteiger partial charge >= 0.3 is 0 Å². The van der Waals surface area contributed by atoms with E-state index in [1.54, 1.807) is 30.9 Å². The first-order valence-electron chi connectivity index (χ1n) is 8.95. The Labute approximate surface area is 159 Å². The SMILES string of the molecule is Cc1cc(S(=O)(=O)N2CCC3CC32C(=O)N2CCOCC2)c(C)cc1Cl. The lowest BCUT2D eigenvalue weighted by Crippen LogP contribution is -2.54. The number of piperidine rings is 1. The predicted molar refractivity (Wildman–Crippen MR) is 97.7 cm³/mol. The Balaban J connectivity index is 1.70. The molecule has 2 heterocycles. The summed E-state index contributed by atoms with van der Waals surface area (Å²) in [5.74, 6) is 0.0662. The molecule has 2 aliphatic heterocycles. The fourth-order valence-electron chi connectivity index (χ4n) is 4.33. The number of aryl methyl sites for hydroxylation is 2. The fraction of sp³-hybridized carbons (Fsp3) is 0.611. The van der Waals surface area contributed by atoms with Crippen LogP contribution >= 0.6 is 11.6 Å². The second-order valence-corrected chi connectivity index (χ2v) is 9.70. The second kappa shape index (κ2) is 6.19. The highest BCUT2D eigenvalue weighted by Gasteiger charge is 2.71. The molecular formula is C18H23ClN2O4S. The Bertz CT molecular complexity index is 866. The number of nitrogens with zero attached hydrogens (tertiary/aromatic N) is 2. The van der Waals surface area contributed by atoms with Gasteiger partial charge in [0.15, 0.2) is 0 Å². The molecule has 0 N–H and O–H groups in total. The first kappa shape index (κ1) is 18.2. The molecule has 1 aromatic carbocycles. The summed E-state index contributed by atoms with van der Waals surface area (Å²) >= 11 is 6.13. The van der Waals surface area contributed by atoms with Gasteiger partial charge in [-0.3, -0.25) is 4.79 Å². The number of amides is 1. The maximum absolute atomic E-state index is 13.4.